The second kappa shape index (κ2) is 6.08. The van der Waals surface area contributed by atoms with Crippen LogP contribution in [0, 0.1) is 13.8 Å². The number of rotatable bonds is 3. The Bertz CT molecular complexity index is 685. The van der Waals surface area contributed by atoms with E-state index in [0.29, 0.717) is 11.7 Å². The van der Waals surface area contributed by atoms with Crippen LogP contribution in [-0.2, 0) is 4.74 Å². The van der Waals surface area contributed by atoms with Gasteiger partial charge in [0.2, 0.25) is 0 Å². The fourth-order valence-corrected chi connectivity index (χ4v) is 3.28. The van der Waals surface area contributed by atoms with E-state index in [-0.39, 0.29) is 11.9 Å². The molecule has 5 heteroatoms. The number of aromatic nitrogens is 2. The lowest BCUT2D eigenvalue weighted by Crippen LogP contribution is -2.38. The number of fused-ring (bicyclic) bond motifs is 1. The average Bonchev–Trinajstić information content (AvgIpc) is 2.92. The fraction of sp³-hybridized carbons (Fsp3) is 0.529. The Morgan fingerprint density at radius 1 is 1.32 bits per heavy atom. The molecule has 0 aromatic carbocycles. The molecule has 1 aliphatic carbocycles. The van der Waals surface area contributed by atoms with Crippen LogP contribution < -0.4 is 5.32 Å². The van der Waals surface area contributed by atoms with E-state index < -0.39 is 0 Å². The molecule has 3 rings (SSSR count). The summed E-state index contributed by atoms with van der Waals surface area (Å²) in [6.45, 7) is 3.98. The summed E-state index contributed by atoms with van der Waals surface area (Å²) < 4.78 is 7.34. The topological polar surface area (TPSA) is 55.6 Å². The van der Waals surface area contributed by atoms with Crippen molar-refractivity contribution in [3.63, 3.8) is 0 Å². The molecule has 22 heavy (non-hydrogen) atoms. The summed E-state index contributed by atoms with van der Waals surface area (Å²) >= 11 is 0. The molecule has 2 aromatic heterocycles. The number of nitrogens with one attached hydrogen (secondary N) is 1. The summed E-state index contributed by atoms with van der Waals surface area (Å²) in [5, 5.41) is 3.15. The average molecular weight is 301 g/mol. The molecule has 0 radical (unpaired) electrons. The Kier molecular flexibility index (Phi) is 4.16. The molecule has 1 amide bonds. The highest BCUT2D eigenvalue weighted by molar-refractivity contribution is 6.00. The molecule has 0 saturated heterocycles. The standard InChI is InChI=1S/C17H23N3O2/c1-11-10-12(2)20-9-8-15(16(20)18-11)17(21)19-13-4-6-14(22-3)7-5-13/h8-10,13-14H,4-7H2,1-3H3,(H,19,21)/t13-,14-. The Morgan fingerprint density at radius 3 is 2.73 bits per heavy atom. The second-order valence-electron chi connectivity index (χ2n) is 6.14. The number of nitrogens with zero attached hydrogens (tertiary/aromatic N) is 2. The maximum atomic E-state index is 12.6. The highest BCUT2D eigenvalue weighted by Crippen LogP contribution is 2.21. The summed E-state index contributed by atoms with van der Waals surface area (Å²) in [7, 11) is 1.76. The van der Waals surface area contributed by atoms with E-state index in [1.807, 2.05) is 36.6 Å². The van der Waals surface area contributed by atoms with Gasteiger partial charge in [0.15, 0.2) is 0 Å². The monoisotopic (exact) mass is 301 g/mol. The van der Waals surface area contributed by atoms with Gasteiger partial charge < -0.3 is 14.5 Å². The maximum Gasteiger partial charge on any atom is 0.255 e. The van der Waals surface area contributed by atoms with Crippen molar-refractivity contribution in [3.8, 4) is 0 Å². The van der Waals surface area contributed by atoms with Crippen LogP contribution >= 0.6 is 0 Å². The van der Waals surface area contributed by atoms with Crippen molar-refractivity contribution in [3.05, 3.63) is 35.3 Å². The van der Waals surface area contributed by atoms with Gasteiger partial charge in [0.1, 0.15) is 5.65 Å². The number of aryl methyl sites for hydroxylation is 2. The first-order chi connectivity index (χ1) is 10.6. The third-order valence-electron chi connectivity index (χ3n) is 4.53. The predicted molar refractivity (Wildman–Crippen MR) is 85.2 cm³/mol. The van der Waals surface area contributed by atoms with Crippen molar-refractivity contribution in [1.82, 2.24) is 14.7 Å². The molecule has 1 N–H and O–H groups in total. The Balaban J connectivity index is 1.76. The van der Waals surface area contributed by atoms with Crippen molar-refractivity contribution >= 4 is 11.6 Å². The molecule has 0 bridgehead atoms. The number of methoxy groups -OCH3 is 1. The van der Waals surface area contributed by atoms with Gasteiger partial charge in [0.25, 0.3) is 5.91 Å². The van der Waals surface area contributed by atoms with Crippen LogP contribution in [0.1, 0.15) is 47.4 Å². The summed E-state index contributed by atoms with van der Waals surface area (Å²) in [6.07, 6.45) is 6.22. The van der Waals surface area contributed by atoms with Crippen LogP contribution in [0.3, 0.4) is 0 Å². The Morgan fingerprint density at radius 2 is 2.05 bits per heavy atom. The van der Waals surface area contributed by atoms with E-state index in [1.54, 1.807) is 7.11 Å². The van der Waals surface area contributed by atoms with E-state index >= 15 is 0 Å². The van der Waals surface area contributed by atoms with E-state index in [2.05, 4.69) is 10.3 Å². The number of carbonyl (C=O) groups is 1. The van der Waals surface area contributed by atoms with E-state index in [4.69, 9.17) is 4.74 Å². The molecule has 1 saturated carbocycles. The minimum absolute atomic E-state index is 0.0270. The summed E-state index contributed by atoms with van der Waals surface area (Å²) in [5.74, 6) is -0.0270. The lowest BCUT2D eigenvalue weighted by atomic mass is 9.93. The number of ether oxygens (including phenoxy) is 1. The minimum Gasteiger partial charge on any atom is -0.381 e. The summed E-state index contributed by atoms with van der Waals surface area (Å²) in [5.41, 5.74) is 3.40. The van der Waals surface area contributed by atoms with Crippen molar-refractivity contribution in [1.29, 1.82) is 0 Å². The van der Waals surface area contributed by atoms with Gasteiger partial charge in [-0.3, -0.25) is 4.79 Å². The lowest BCUT2D eigenvalue weighted by molar-refractivity contribution is 0.0599. The van der Waals surface area contributed by atoms with Gasteiger partial charge in [0, 0.05) is 30.7 Å². The van der Waals surface area contributed by atoms with Crippen molar-refractivity contribution < 1.29 is 9.53 Å². The van der Waals surface area contributed by atoms with Crippen molar-refractivity contribution in [2.24, 2.45) is 0 Å². The first kappa shape index (κ1) is 15.0. The maximum absolute atomic E-state index is 12.6. The number of hydrogen-bond donors (Lipinski definition) is 1. The molecule has 118 valence electrons. The summed E-state index contributed by atoms with van der Waals surface area (Å²) in [4.78, 5) is 17.1. The molecular weight excluding hydrogens is 278 g/mol. The highest BCUT2D eigenvalue weighted by Gasteiger charge is 2.23. The summed E-state index contributed by atoms with van der Waals surface area (Å²) in [6, 6.07) is 4.10. The molecular formula is C17H23N3O2. The van der Waals surface area contributed by atoms with E-state index in [0.717, 1.165) is 42.7 Å². The fourth-order valence-electron chi connectivity index (χ4n) is 3.28. The van der Waals surface area contributed by atoms with E-state index in [1.165, 1.54) is 0 Å². The molecule has 1 aliphatic rings. The van der Waals surface area contributed by atoms with Crippen LogP contribution in [0.5, 0.6) is 0 Å². The van der Waals surface area contributed by atoms with Gasteiger partial charge in [-0.05, 0) is 51.7 Å². The molecule has 1 fully saturated rings. The second-order valence-corrected chi connectivity index (χ2v) is 6.14. The Labute approximate surface area is 130 Å². The van der Waals surface area contributed by atoms with Crippen molar-refractivity contribution in [2.45, 2.75) is 51.7 Å². The molecule has 0 aliphatic heterocycles. The normalized spacial score (nSPS) is 22.0. The lowest BCUT2D eigenvalue weighted by Gasteiger charge is -2.28. The highest BCUT2D eigenvalue weighted by atomic mass is 16.5. The van der Waals surface area contributed by atoms with Crippen LogP contribution in [0.25, 0.3) is 5.65 Å². The molecule has 2 aromatic rings. The van der Waals surface area contributed by atoms with E-state index in [9.17, 15) is 4.79 Å². The molecule has 0 unspecified atom stereocenters. The third kappa shape index (κ3) is 2.86. The Hall–Kier alpha value is -1.88. The number of amides is 1. The van der Waals surface area contributed by atoms with Crippen molar-refractivity contribution in [2.75, 3.05) is 7.11 Å². The van der Waals surface area contributed by atoms with Crippen LogP contribution in [-0.4, -0.2) is 34.5 Å². The first-order valence-corrected chi connectivity index (χ1v) is 7.87. The number of carbonyl (C=O) groups excluding carboxylic acids is 1. The molecule has 5 nitrogen and oxygen atoms in total. The largest absolute Gasteiger partial charge is 0.381 e. The van der Waals surface area contributed by atoms with Crippen LogP contribution in [0.4, 0.5) is 0 Å². The third-order valence-corrected chi connectivity index (χ3v) is 4.53. The smallest absolute Gasteiger partial charge is 0.255 e. The van der Waals surface area contributed by atoms with Gasteiger partial charge in [-0.15, -0.1) is 0 Å². The quantitative estimate of drug-likeness (QED) is 0.948. The zero-order valence-electron chi connectivity index (χ0n) is 13.4. The van der Waals surface area contributed by atoms with Gasteiger partial charge in [-0.1, -0.05) is 0 Å². The minimum atomic E-state index is -0.0270. The van der Waals surface area contributed by atoms with Gasteiger partial charge in [-0.2, -0.15) is 0 Å². The van der Waals surface area contributed by atoms with Gasteiger partial charge in [-0.25, -0.2) is 4.98 Å². The number of hydrogen-bond acceptors (Lipinski definition) is 3. The molecule has 0 spiro atoms. The molecule has 0 atom stereocenters. The first-order valence-electron chi connectivity index (χ1n) is 7.87. The predicted octanol–water partition coefficient (Wildman–Crippen LogP) is 2.64. The van der Waals surface area contributed by atoms with Crippen LogP contribution in [0.15, 0.2) is 18.3 Å². The molecule has 2 heterocycles. The zero-order valence-corrected chi connectivity index (χ0v) is 13.4. The SMILES string of the molecule is CO[C@H]1CC[C@H](NC(=O)c2ccn3c(C)cc(C)nc23)CC1. The van der Waals surface area contributed by atoms with Gasteiger partial charge in [0.05, 0.1) is 11.7 Å². The van der Waals surface area contributed by atoms with Gasteiger partial charge >= 0.3 is 0 Å². The van der Waals surface area contributed by atoms with Crippen LogP contribution in [0.2, 0.25) is 0 Å². The zero-order chi connectivity index (χ0) is 15.7.